The van der Waals surface area contributed by atoms with E-state index < -0.39 is 12.0 Å². The average molecular weight is 375 g/mol. The number of hydrogen-bond donors (Lipinski definition) is 3. The minimum absolute atomic E-state index is 0.176. The van der Waals surface area contributed by atoms with Gasteiger partial charge in [-0.15, -0.1) is 0 Å². The summed E-state index contributed by atoms with van der Waals surface area (Å²) in [6.07, 6.45) is 3.51. The molecule has 2 heterocycles. The fourth-order valence-corrected chi connectivity index (χ4v) is 3.98. The van der Waals surface area contributed by atoms with Gasteiger partial charge in [0.2, 0.25) is 0 Å². The van der Waals surface area contributed by atoms with Crippen LogP contribution in [0.5, 0.6) is 0 Å². The molecular formula is C20H29N3O4. The first-order chi connectivity index (χ1) is 13.0. The molecule has 0 saturated carbocycles. The number of carboxylic acids is 1. The highest BCUT2D eigenvalue weighted by Crippen LogP contribution is 2.21. The molecule has 0 unspecified atom stereocenters. The van der Waals surface area contributed by atoms with Gasteiger partial charge in [-0.2, -0.15) is 0 Å². The lowest BCUT2D eigenvalue weighted by Gasteiger charge is -2.41. The van der Waals surface area contributed by atoms with Crippen LogP contribution in [0.1, 0.15) is 31.2 Å². The molecule has 0 aliphatic carbocycles. The van der Waals surface area contributed by atoms with Crippen LogP contribution in [0.2, 0.25) is 0 Å². The molecule has 3 N–H and O–H groups in total. The highest BCUT2D eigenvalue weighted by Gasteiger charge is 2.30. The molecule has 1 atom stereocenters. The Kier molecular flexibility index (Phi) is 6.68. The number of carbonyl (C=O) groups is 2. The molecule has 2 fully saturated rings. The molecule has 2 aliphatic rings. The minimum Gasteiger partial charge on any atom is -0.480 e. The largest absolute Gasteiger partial charge is 0.480 e. The summed E-state index contributed by atoms with van der Waals surface area (Å²) < 4.78 is 0. The Morgan fingerprint density at radius 2 is 1.67 bits per heavy atom. The number of hydrogen-bond acceptors (Lipinski definition) is 4. The van der Waals surface area contributed by atoms with Gasteiger partial charge >= 0.3 is 12.0 Å². The molecule has 1 aromatic rings. The van der Waals surface area contributed by atoms with Crippen molar-refractivity contribution in [2.45, 2.75) is 50.3 Å². The molecule has 0 radical (unpaired) electrons. The smallest absolute Gasteiger partial charge is 0.326 e. The number of carboxylic acid groups (broad SMARTS) is 1. The standard InChI is InChI=1S/C20H29N3O4/c24-17-8-12-22(13-9-17)16-6-10-23(11-7-16)20(27)21-18(19(25)26)14-15-4-2-1-3-5-15/h1-5,16-18,24H,6-14H2,(H,21,27)(H,25,26)/t18-/m0/s1. The number of nitrogens with one attached hydrogen (secondary N) is 1. The quantitative estimate of drug-likeness (QED) is 0.722. The molecule has 3 rings (SSSR count). The number of carbonyl (C=O) groups excluding carboxylic acids is 1. The Bertz CT molecular complexity index is 623. The highest BCUT2D eigenvalue weighted by atomic mass is 16.4. The second-order valence-electron chi connectivity index (χ2n) is 7.52. The van der Waals surface area contributed by atoms with Crippen LogP contribution < -0.4 is 5.32 Å². The van der Waals surface area contributed by atoms with Gasteiger partial charge in [-0.1, -0.05) is 30.3 Å². The van der Waals surface area contributed by atoms with Crippen molar-refractivity contribution in [2.24, 2.45) is 0 Å². The summed E-state index contributed by atoms with van der Waals surface area (Å²) in [5, 5.41) is 21.8. The van der Waals surface area contributed by atoms with Gasteiger partial charge in [0.15, 0.2) is 0 Å². The van der Waals surface area contributed by atoms with Crippen LogP contribution in [0.4, 0.5) is 4.79 Å². The first-order valence-electron chi connectivity index (χ1n) is 9.77. The summed E-state index contributed by atoms with van der Waals surface area (Å²) in [5.41, 5.74) is 0.885. The lowest BCUT2D eigenvalue weighted by atomic mass is 9.99. The fourth-order valence-electron chi connectivity index (χ4n) is 3.98. The lowest BCUT2D eigenvalue weighted by Crippen LogP contribution is -2.54. The number of aliphatic carboxylic acids is 1. The van der Waals surface area contributed by atoms with Crippen LogP contribution in [-0.2, 0) is 11.2 Å². The Morgan fingerprint density at radius 1 is 1.04 bits per heavy atom. The first-order valence-corrected chi connectivity index (χ1v) is 9.77. The molecule has 7 nitrogen and oxygen atoms in total. The molecule has 1 aromatic carbocycles. The maximum Gasteiger partial charge on any atom is 0.326 e. The molecule has 0 bridgehead atoms. The zero-order valence-electron chi connectivity index (χ0n) is 15.6. The molecule has 0 spiro atoms. The van der Waals surface area contributed by atoms with Crippen LogP contribution in [0, 0.1) is 0 Å². The minimum atomic E-state index is -1.02. The number of aliphatic hydroxyl groups is 1. The van der Waals surface area contributed by atoms with Crippen molar-refractivity contribution in [1.82, 2.24) is 15.1 Å². The van der Waals surface area contributed by atoms with Crippen molar-refractivity contribution < 1.29 is 19.8 Å². The summed E-state index contributed by atoms with van der Waals surface area (Å²) in [6, 6.07) is 8.55. The molecule has 2 aliphatic heterocycles. The molecule has 2 saturated heterocycles. The predicted octanol–water partition coefficient (Wildman–Crippen LogP) is 1.31. The van der Waals surface area contributed by atoms with Crippen molar-refractivity contribution in [3.8, 4) is 0 Å². The molecule has 7 heteroatoms. The van der Waals surface area contributed by atoms with E-state index in [0.717, 1.165) is 44.3 Å². The normalized spacial score (nSPS) is 21.0. The Hall–Kier alpha value is -2.12. The predicted molar refractivity (Wildman–Crippen MR) is 102 cm³/mol. The van der Waals surface area contributed by atoms with Gasteiger partial charge in [-0.25, -0.2) is 9.59 Å². The summed E-state index contributed by atoms with van der Waals surface area (Å²) in [6.45, 7) is 3.09. The molecule has 27 heavy (non-hydrogen) atoms. The van der Waals surface area contributed by atoms with Crippen LogP contribution >= 0.6 is 0 Å². The van der Waals surface area contributed by atoms with Crippen molar-refractivity contribution in [1.29, 1.82) is 0 Å². The van der Waals surface area contributed by atoms with E-state index in [1.54, 1.807) is 4.90 Å². The van der Waals surface area contributed by atoms with E-state index in [2.05, 4.69) is 10.2 Å². The van der Waals surface area contributed by atoms with Crippen molar-refractivity contribution in [2.75, 3.05) is 26.2 Å². The van der Waals surface area contributed by atoms with E-state index in [0.29, 0.717) is 19.1 Å². The van der Waals surface area contributed by atoms with Crippen molar-refractivity contribution >= 4 is 12.0 Å². The number of likely N-dealkylation sites (tertiary alicyclic amines) is 2. The number of benzene rings is 1. The van der Waals surface area contributed by atoms with Gasteiger partial charge in [0.05, 0.1) is 6.10 Å². The van der Waals surface area contributed by atoms with E-state index in [1.165, 1.54) is 0 Å². The second-order valence-corrected chi connectivity index (χ2v) is 7.52. The van der Waals surface area contributed by atoms with E-state index in [9.17, 15) is 19.8 Å². The summed E-state index contributed by atoms with van der Waals surface area (Å²) in [4.78, 5) is 28.2. The van der Waals surface area contributed by atoms with E-state index in [1.807, 2.05) is 30.3 Å². The van der Waals surface area contributed by atoms with Gasteiger partial charge in [0.25, 0.3) is 0 Å². The van der Waals surface area contributed by atoms with Crippen LogP contribution in [-0.4, -0.2) is 76.4 Å². The van der Waals surface area contributed by atoms with Gasteiger partial charge in [0.1, 0.15) is 6.04 Å². The van der Waals surface area contributed by atoms with E-state index in [-0.39, 0.29) is 18.6 Å². The zero-order valence-corrected chi connectivity index (χ0v) is 15.6. The molecule has 0 aromatic heterocycles. The Morgan fingerprint density at radius 3 is 2.26 bits per heavy atom. The molecule has 2 amide bonds. The SMILES string of the molecule is O=C(O)[C@H](Cc1ccccc1)NC(=O)N1CCC(N2CCC(O)CC2)CC1. The monoisotopic (exact) mass is 375 g/mol. The van der Waals surface area contributed by atoms with Gasteiger partial charge < -0.3 is 25.3 Å². The van der Waals surface area contributed by atoms with Gasteiger partial charge in [-0.3, -0.25) is 0 Å². The first kappa shape index (κ1) is 19.6. The third-order valence-electron chi connectivity index (χ3n) is 5.65. The van der Waals surface area contributed by atoms with Gasteiger partial charge in [0, 0.05) is 38.6 Å². The molecular weight excluding hydrogens is 346 g/mol. The Labute approximate surface area is 160 Å². The maximum atomic E-state index is 12.5. The third kappa shape index (κ3) is 5.43. The topological polar surface area (TPSA) is 93.1 Å². The van der Waals surface area contributed by atoms with Crippen LogP contribution in [0.3, 0.4) is 0 Å². The number of urea groups is 1. The summed E-state index contributed by atoms with van der Waals surface area (Å²) >= 11 is 0. The zero-order chi connectivity index (χ0) is 19.2. The summed E-state index contributed by atoms with van der Waals surface area (Å²) in [7, 11) is 0. The van der Waals surface area contributed by atoms with Crippen LogP contribution in [0.15, 0.2) is 30.3 Å². The maximum absolute atomic E-state index is 12.5. The number of amides is 2. The van der Waals surface area contributed by atoms with E-state index >= 15 is 0 Å². The number of piperidine rings is 2. The average Bonchev–Trinajstić information content (AvgIpc) is 2.69. The number of rotatable bonds is 5. The second kappa shape index (κ2) is 9.19. The molecule has 148 valence electrons. The Balaban J connectivity index is 1.48. The third-order valence-corrected chi connectivity index (χ3v) is 5.65. The fraction of sp³-hybridized carbons (Fsp3) is 0.600. The highest BCUT2D eigenvalue weighted by molar-refractivity contribution is 5.82. The number of aliphatic hydroxyl groups excluding tert-OH is 1. The summed E-state index contributed by atoms with van der Waals surface area (Å²) in [5.74, 6) is -1.02. The lowest BCUT2D eigenvalue weighted by molar-refractivity contribution is -0.139. The number of nitrogens with zero attached hydrogens (tertiary/aromatic N) is 2. The van der Waals surface area contributed by atoms with Crippen molar-refractivity contribution in [3.63, 3.8) is 0 Å². The van der Waals surface area contributed by atoms with Crippen LogP contribution in [0.25, 0.3) is 0 Å². The van der Waals surface area contributed by atoms with Gasteiger partial charge in [-0.05, 0) is 31.2 Å². The van der Waals surface area contributed by atoms with Crippen molar-refractivity contribution in [3.05, 3.63) is 35.9 Å². The van der Waals surface area contributed by atoms with E-state index in [4.69, 9.17) is 0 Å².